The summed E-state index contributed by atoms with van der Waals surface area (Å²) in [7, 11) is 1.49. The molecule has 180 valence electrons. The Hall–Kier alpha value is -3.54. The van der Waals surface area contributed by atoms with Crippen molar-refractivity contribution in [2.24, 2.45) is 5.92 Å². The predicted molar refractivity (Wildman–Crippen MR) is 115 cm³/mol. The molecule has 0 atom stereocenters. The van der Waals surface area contributed by atoms with Crippen molar-refractivity contribution in [2.45, 2.75) is 25.8 Å². The van der Waals surface area contributed by atoms with Crippen LogP contribution in [0.4, 0.5) is 8.78 Å². The summed E-state index contributed by atoms with van der Waals surface area (Å²) in [4.78, 5) is 31.0. The molecule has 4 rings (SSSR count). The van der Waals surface area contributed by atoms with Gasteiger partial charge in [0.1, 0.15) is 11.4 Å². The number of likely N-dealkylation sites (tertiary alicyclic amines) is 1. The number of rotatable bonds is 7. The topological polar surface area (TPSA) is 126 Å². The summed E-state index contributed by atoms with van der Waals surface area (Å²) < 4.78 is 34.7. The van der Waals surface area contributed by atoms with E-state index in [9.17, 15) is 18.4 Å². The van der Waals surface area contributed by atoms with Crippen molar-refractivity contribution in [3.8, 4) is 17.1 Å². The Morgan fingerprint density at radius 1 is 1.32 bits per heavy atom. The highest BCUT2D eigenvalue weighted by Gasteiger charge is 2.29. The van der Waals surface area contributed by atoms with Gasteiger partial charge in [-0.2, -0.15) is 5.10 Å². The molecule has 13 heteroatoms. The number of amides is 2. The molecule has 34 heavy (non-hydrogen) atoms. The Kier molecular flexibility index (Phi) is 7.06. The summed E-state index contributed by atoms with van der Waals surface area (Å²) in [6.45, 7) is 0.761. The molecule has 0 radical (unpaired) electrons. The third-order valence-corrected chi connectivity index (χ3v) is 5.81. The van der Waals surface area contributed by atoms with E-state index in [4.69, 9.17) is 16.3 Å². The number of hydrogen-bond donors (Lipinski definition) is 2. The zero-order valence-electron chi connectivity index (χ0n) is 18.1. The van der Waals surface area contributed by atoms with Crippen LogP contribution in [-0.4, -0.2) is 57.3 Å². The minimum Gasteiger partial charge on any atom is -0.481 e. The van der Waals surface area contributed by atoms with Crippen molar-refractivity contribution in [1.82, 2.24) is 30.6 Å². The van der Waals surface area contributed by atoms with Gasteiger partial charge < -0.3 is 19.5 Å². The Balaban J connectivity index is 1.31. The Labute approximate surface area is 197 Å². The number of carbonyl (C=O) groups is 2. The molecule has 3 aromatic heterocycles. The number of hydrogen-bond acceptors (Lipinski definition) is 7. The lowest BCUT2D eigenvalue weighted by molar-refractivity contribution is -0.126. The molecular weight excluding hydrogens is 474 g/mol. The van der Waals surface area contributed by atoms with Crippen LogP contribution >= 0.6 is 11.6 Å². The van der Waals surface area contributed by atoms with Gasteiger partial charge in [0, 0.05) is 36.7 Å². The normalized spacial score (nSPS) is 14.4. The average molecular weight is 495 g/mol. The number of nitrogens with one attached hydrogen (secondary N) is 2. The fourth-order valence-electron chi connectivity index (χ4n) is 3.65. The van der Waals surface area contributed by atoms with Gasteiger partial charge in [0.2, 0.25) is 17.5 Å². The highest BCUT2D eigenvalue weighted by atomic mass is 35.5. The lowest BCUT2D eigenvalue weighted by Gasteiger charge is -2.30. The smallest absolute Gasteiger partial charge is 0.298 e. The van der Waals surface area contributed by atoms with Crippen LogP contribution in [0.3, 0.4) is 0 Å². The molecule has 0 aromatic carbocycles. The van der Waals surface area contributed by atoms with Crippen LogP contribution in [0.25, 0.3) is 11.3 Å². The molecule has 1 aliphatic rings. The fourth-order valence-corrected chi connectivity index (χ4v) is 3.85. The number of H-pyrrole nitrogens is 1. The second kappa shape index (κ2) is 10.2. The number of ether oxygens (including phenoxy) is 1. The average Bonchev–Trinajstić information content (AvgIpc) is 3.53. The highest BCUT2D eigenvalue weighted by molar-refractivity contribution is 6.33. The van der Waals surface area contributed by atoms with E-state index in [0.717, 1.165) is 6.07 Å². The number of carbonyl (C=O) groups excluding carboxylic acids is 2. The predicted octanol–water partition coefficient (Wildman–Crippen LogP) is 3.23. The van der Waals surface area contributed by atoms with Crippen LogP contribution in [0.15, 0.2) is 28.9 Å². The molecule has 1 fully saturated rings. The number of halogens is 3. The largest absolute Gasteiger partial charge is 0.481 e. The van der Waals surface area contributed by atoms with E-state index in [0.29, 0.717) is 53.8 Å². The first-order chi connectivity index (χ1) is 16.4. The highest BCUT2D eigenvalue weighted by Crippen LogP contribution is 2.29. The van der Waals surface area contributed by atoms with E-state index in [-0.39, 0.29) is 30.0 Å². The minimum absolute atomic E-state index is 0.00648. The molecule has 0 bridgehead atoms. The van der Waals surface area contributed by atoms with Gasteiger partial charge in [-0.05, 0) is 18.9 Å². The zero-order valence-corrected chi connectivity index (χ0v) is 18.8. The summed E-state index contributed by atoms with van der Waals surface area (Å²) >= 11 is 6.20. The molecule has 10 nitrogen and oxygen atoms in total. The second-order valence-corrected chi connectivity index (χ2v) is 8.09. The molecule has 1 saturated heterocycles. The van der Waals surface area contributed by atoms with Gasteiger partial charge in [0.25, 0.3) is 12.3 Å². The molecular formula is C21H21ClF2N6O4. The number of nitrogens with zero attached hydrogens (tertiary/aromatic N) is 4. The third-order valence-electron chi connectivity index (χ3n) is 5.51. The van der Waals surface area contributed by atoms with Crippen molar-refractivity contribution in [1.29, 1.82) is 0 Å². The van der Waals surface area contributed by atoms with Crippen molar-refractivity contribution in [3.05, 3.63) is 46.6 Å². The lowest BCUT2D eigenvalue weighted by Crippen LogP contribution is -2.43. The van der Waals surface area contributed by atoms with Gasteiger partial charge in [0.15, 0.2) is 0 Å². The summed E-state index contributed by atoms with van der Waals surface area (Å²) in [6, 6.07) is 4.34. The standard InChI is InChI=1S/C21H21ClF2N6O4/c1-33-18-7-13(14(22)10-25-18)15-8-16(28-27-15)21(32)30-4-2-11(3-5-30)20(31)26-9-12-6-17(19(23)24)34-29-12/h6-8,10-11,19H,2-5,9H2,1H3,(H,26,31)(H,27,28). The molecule has 2 N–H and O–H groups in total. The molecule has 3 aromatic rings. The number of aromatic nitrogens is 4. The SMILES string of the molecule is COc1cc(-c2cc(C(=O)N3CCC(C(=O)NCc4cc(C(F)F)on4)CC3)[nH]n2)c(Cl)cn1. The molecule has 0 saturated carbocycles. The van der Waals surface area contributed by atoms with Crippen LogP contribution < -0.4 is 10.1 Å². The van der Waals surface area contributed by atoms with Crippen LogP contribution in [0.2, 0.25) is 5.02 Å². The Morgan fingerprint density at radius 3 is 2.76 bits per heavy atom. The molecule has 4 heterocycles. The minimum atomic E-state index is -2.76. The number of pyridine rings is 1. The van der Waals surface area contributed by atoms with Crippen LogP contribution in [-0.2, 0) is 11.3 Å². The van der Waals surface area contributed by atoms with Crippen LogP contribution in [0.1, 0.15) is 41.2 Å². The maximum Gasteiger partial charge on any atom is 0.298 e. The first kappa shape index (κ1) is 23.6. The summed E-state index contributed by atoms with van der Waals surface area (Å²) in [5, 5.41) is 13.5. The van der Waals surface area contributed by atoms with Gasteiger partial charge in [0.05, 0.1) is 30.6 Å². The van der Waals surface area contributed by atoms with Crippen molar-refractivity contribution in [2.75, 3.05) is 20.2 Å². The monoisotopic (exact) mass is 494 g/mol. The molecule has 0 spiro atoms. The number of piperidine rings is 1. The molecule has 0 unspecified atom stereocenters. The number of alkyl halides is 2. The number of aromatic amines is 1. The van der Waals surface area contributed by atoms with Crippen LogP contribution in [0, 0.1) is 5.92 Å². The van der Waals surface area contributed by atoms with Gasteiger partial charge in [-0.3, -0.25) is 14.7 Å². The van der Waals surface area contributed by atoms with Crippen molar-refractivity contribution >= 4 is 23.4 Å². The molecule has 2 amide bonds. The van der Waals surface area contributed by atoms with Crippen molar-refractivity contribution in [3.63, 3.8) is 0 Å². The quantitative estimate of drug-likeness (QED) is 0.516. The summed E-state index contributed by atoms with van der Waals surface area (Å²) in [6.07, 6.45) is -0.378. The van der Waals surface area contributed by atoms with E-state index in [2.05, 4.69) is 30.2 Å². The second-order valence-electron chi connectivity index (χ2n) is 7.68. The first-order valence-electron chi connectivity index (χ1n) is 10.4. The third kappa shape index (κ3) is 5.16. The molecule has 0 aliphatic carbocycles. The maximum absolute atomic E-state index is 12.9. The molecule has 1 aliphatic heterocycles. The van der Waals surface area contributed by atoms with Gasteiger partial charge in [-0.1, -0.05) is 16.8 Å². The Morgan fingerprint density at radius 2 is 2.09 bits per heavy atom. The van der Waals surface area contributed by atoms with Gasteiger partial charge in [-0.25, -0.2) is 13.8 Å². The van der Waals surface area contributed by atoms with Gasteiger partial charge >= 0.3 is 0 Å². The summed E-state index contributed by atoms with van der Waals surface area (Å²) in [5.74, 6) is -0.932. The van der Waals surface area contributed by atoms with E-state index in [1.165, 1.54) is 13.3 Å². The zero-order chi connectivity index (χ0) is 24.2. The van der Waals surface area contributed by atoms with Crippen LogP contribution in [0.5, 0.6) is 5.88 Å². The van der Waals surface area contributed by atoms with Gasteiger partial charge in [-0.15, -0.1) is 0 Å². The van der Waals surface area contributed by atoms with E-state index < -0.39 is 12.2 Å². The van der Waals surface area contributed by atoms with Crippen molar-refractivity contribution < 1.29 is 27.6 Å². The first-order valence-corrected chi connectivity index (χ1v) is 10.8. The Bertz CT molecular complexity index is 1180. The van der Waals surface area contributed by atoms with E-state index in [1.54, 1.807) is 17.0 Å². The maximum atomic E-state index is 12.9. The van der Waals surface area contributed by atoms with E-state index in [1.807, 2.05) is 0 Å². The number of methoxy groups -OCH3 is 1. The van der Waals surface area contributed by atoms with E-state index >= 15 is 0 Å². The fraction of sp³-hybridized carbons (Fsp3) is 0.381. The summed E-state index contributed by atoms with van der Waals surface area (Å²) in [5.41, 5.74) is 1.57. The lowest BCUT2D eigenvalue weighted by atomic mass is 9.95.